The molecule has 5 heteroatoms. The molecule has 1 atom stereocenters. The number of para-hydroxylation sites is 1. The number of aryl methyl sites for hydroxylation is 1. The monoisotopic (exact) mass is 337 g/mol. The average Bonchev–Trinajstić information content (AvgIpc) is 2.62. The van der Waals surface area contributed by atoms with Gasteiger partial charge in [0.05, 0.1) is 13.2 Å². The lowest BCUT2D eigenvalue weighted by Crippen LogP contribution is -2.30. The molecule has 0 aliphatic heterocycles. The van der Waals surface area contributed by atoms with E-state index in [4.69, 9.17) is 9.15 Å². The van der Waals surface area contributed by atoms with E-state index < -0.39 is 11.5 Å². The maximum absolute atomic E-state index is 12.5. The molecule has 3 aromatic rings. The number of fused-ring (bicyclic) bond motifs is 1. The van der Waals surface area contributed by atoms with Gasteiger partial charge in [0.1, 0.15) is 16.9 Å². The van der Waals surface area contributed by atoms with E-state index in [1.54, 1.807) is 13.2 Å². The number of carbonyl (C=O) groups is 1. The van der Waals surface area contributed by atoms with Gasteiger partial charge in [0.2, 0.25) is 0 Å². The quantitative estimate of drug-likeness (QED) is 0.739. The molecule has 0 aliphatic carbocycles. The minimum atomic E-state index is -0.638. The molecule has 0 spiro atoms. The Morgan fingerprint density at radius 3 is 2.56 bits per heavy atom. The molecule has 0 bridgehead atoms. The van der Waals surface area contributed by atoms with Crippen LogP contribution in [0.25, 0.3) is 11.0 Å². The first-order valence-electron chi connectivity index (χ1n) is 7.98. The van der Waals surface area contributed by atoms with Gasteiger partial charge in [-0.15, -0.1) is 0 Å². The Morgan fingerprint density at radius 2 is 1.88 bits per heavy atom. The maximum atomic E-state index is 12.5. The van der Waals surface area contributed by atoms with Crippen LogP contribution in [0.3, 0.4) is 0 Å². The van der Waals surface area contributed by atoms with Crippen LogP contribution in [0.15, 0.2) is 57.7 Å². The summed E-state index contributed by atoms with van der Waals surface area (Å²) in [6, 6.07) is 14.2. The van der Waals surface area contributed by atoms with Gasteiger partial charge in [-0.05, 0) is 43.2 Å². The molecule has 0 saturated heterocycles. The number of methoxy groups -OCH3 is 1. The number of nitrogens with one attached hydrogen (secondary N) is 1. The van der Waals surface area contributed by atoms with Crippen LogP contribution in [0.2, 0.25) is 0 Å². The second-order valence-electron chi connectivity index (χ2n) is 5.91. The molecule has 0 saturated carbocycles. The average molecular weight is 337 g/mol. The summed E-state index contributed by atoms with van der Waals surface area (Å²) in [7, 11) is 1.60. The van der Waals surface area contributed by atoms with E-state index >= 15 is 0 Å². The molecule has 0 fully saturated rings. The molecule has 1 aromatic heterocycles. The molecule has 128 valence electrons. The maximum Gasteiger partial charge on any atom is 0.349 e. The summed E-state index contributed by atoms with van der Waals surface area (Å²) >= 11 is 0. The van der Waals surface area contributed by atoms with E-state index in [1.165, 1.54) is 0 Å². The van der Waals surface area contributed by atoms with Crippen LogP contribution in [0, 0.1) is 6.92 Å². The number of hydrogen-bond acceptors (Lipinski definition) is 4. The van der Waals surface area contributed by atoms with E-state index in [9.17, 15) is 9.59 Å². The highest BCUT2D eigenvalue weighted by molar-refractivity contribution is 5.97. The second kappa shape index (κ2) is 6.81. The fourth-order valence-corrected chi connectivity index (χ4v) is 2.70. The van der Waals surface area contributed by atoms with Gasteiger partial charge < -0.3 is 14.5 Å². The summed E-state index contributed by atoms with van der Waals surface area (Å²) in [5.41, 5.74) is 1.63. The number of amides is 1. The number of ether oxygens (including phenoxy) is 1. The molecule has 3 rings (SSSR count). The van der Waals surface area contributed by atoms with Crippen LogP contribution in [-0.4, -0.2) is 13.0 Å². The first kappa shape index (κ1) is 16.8. The van der Waals surface area contributed by atoms with E-state index in [2.05, 4.69) is 5.32 Å². The van der Waals surface area contributed by atoms with Crippen molar-refractivity contribution in [3.8, 4) is 5.75 Å². The van der Waals surface area contributed by atoms with Gasteiger partial charge in [-0.2, -0.15) is 0 Å². The highest BCUT2D eigenvalue weighted by Crippen LogP contribution is 2.19. The van der Waals surface area contributed by atoms with Crippen LogP contribution < -0.4 is 15.7 Å². The van der Waals surface area contributed by atoms with Gasteiger partial charge in [0.15, 0.2) is 0 Å². The van der Waals surface area contributed by atoms with Crippen LogP contribution >= 0.6 is 0 Å². The van der Waals surface area contributed by atoms with Crippen molar-refractivity contribution in [2.45, 2.75) is 19.9 Å². The Kier molecular flexibility index (Phi) is 4.57. The number of carbonyl (C=O) groups excluding carboxylic acids is 1. The summed E-state index contributed by atoms with van der Waals surface area (Å²) in [6.07, 6.45) is 0. The van der Waals surface area contributed by atoms with Crippen molar-refractivity contribution in [2.24, 2.45) is 0 Å². The standard InChI is InChI=1S/C20H19NO4/c1-12-5-4-6-15-11-17(20(23)25-18(12)15)19(22)21-13(2)14-7-9-16(24-3)10-8-14/h4-11,13H,1-3H3,(H,21,22). The van der Waals surface area contributed by atoms with E-state index in [0.29, 0.717) is 5.58 Å². The lowest BCUT2D eigenvalue weighted by molar-refractivity contribution is 0.0936. The molecule has 1 unspecified atom stereocenters. The fourth-order valence-electron chi connectivity index (χ4n) is 2.70. The highest BCUT2D eigenvalue weighted by Gasteiger charge is 2.17. The Hall–Kier alpha value is -3.08. The molecule has 0 radical (unpaired) electrons. The van der Waals surface area contributed by atoms with Crippen molar-refractivity contribution in [3.05, 3.63) is 75.6 Å². The minimum Gasteiger partial charge on any atom is -0.497 e. The smallest absolute Gasteiger partial charge is 0.349 e. The van der Waals surface area contributed by atoms with Crippen molar-refractivity contribution in [3.63, 3.8) is 0 Å². The first-order valence-corrected chi connectivity index (χ1v) is 7.98. The topological polar surface area (TPSA) is 68.5 Å². The Morgan fingerprint density at radius 1 is 1.16 bits per heavy atom. The van der Waals surface area contributed by atoms with Gasteiger partial charge in [-0.3, -0.25) is 4.79 Å². The lowest BCUT2D eigenvalue weighted by Gasteiger charge is -2.14. The van der Waals surface area contributed by atoms with Gasteiger partial charge in [-0.25, -0.2) is 4.79 Å². The summed E-state index contributed by atoms with van der Waals surface area (Å²) < 4.78 is 10.5. The number of rotatable bonds is 4. The predicted octanol–water partition coefficient (Wildman–Crippen LogP) is 3.60. The van der Waals surface area contributed by atoms with Gasteiger partial charge in [0.25, 0.3) is 5.91 Å². The first-order chi connectivity index (χ1) is 12.0. The van der Waals surface area contributed by atoms with Crippen LogP contribution in [-0.2, 0) is 0 Å². The third-order valence-electron chi connectivity index (χ3n) is 4.16. The normalized spacial score (nSPS) is 12.0. The minimum absolute atomic E-state index is 0.00142. The fraction of sp³-hybridized carbons (Fsp3) is 0.200. The second-order valence-corrected chi connectivity index (χ2v) is 5.91. The Balaban J connectivity index is 1.86. The highest BCUT2D eigenvalue weighted by atomic mass is 16.5. The number of hydrogen-bond donors (Lipinski definition) is 1. The summed E-state index contributed by atoms with van der Waals surface area (Å²) in [5, 5.41) is 3.55. The molecule has 2 aromatic carbocycles. The van der Waals surface area contributed by atoms with Crippen molar-refractivity contribution >= 4 is 16.9 Å². The van der Waals surface area contributed by atoms with Crippen molar-refractivity contribution in [1.29, 1.82) is 0 Å². The SMILES string of the molecule is COc1ccc(C(C)NC(=O)c2cc3cccc(C)c3oc2=O)cc1. The van der Waals surface area contributed by atoms with Crippen LogP contribution in [0.1, 0.15) is 34.5 Å². The van der Waals surface area contributed by atoms with Gasteiger partial charge >= 0.3 is 5.63 Å². The lowest BCUT2D eigenvalue weighted by atomic mass is 10.1. The van der Waals surface area contributed by atoms with E-state index in [1.807, 2.05) is 56.3 Å². The van der Waals surface area contributed by atoms with Crippen molar-refractivity contribution < 1.29 is 13.9 Å². The molecule has 5 nitrogen and oxygen atoms in total. The molecule has 25 heavy (non-hydrogen) atoms. The summed E-state index contributed by atoms with van der Waals surface area (Å²) in [6.45, 7) is 3.71. The van der Waals surface area contributed by atoms with Gasteiger partial charge in [0, 0.05) is 5.39 Å². The third-order valence-corrected chi connectivity index (χ3v) is 4.16. The molecular weight excluding hydrogens is 318 g/mol. The molecule has 1 N–H and O–H groups in total. The van der Waals surface area contributed by atoms with Gasteiger partial charge in [-0.1, -0.05) is 30.3 Å². The molecular formula is C20H19NO4. The van der Waals surface area contributed by atoms with E-state index in [-0.39, 0.29) is 11.6 Å². The molecule has 1 heterocycles. The largest absolute Gasteiger partial charge is 0.497 e. The van der Waals surface area contributed by atoms with Crippen LogP contribution in [0.4, 0.5) is 0 Å². The zero-order chi connectivity index (χ0) is 18.0. The molecule has 0 aliphatic rings. The zero-order valence-electron chi connectivity index (χ0n) is 14.3. The van der Waals surface area contributed by atoms with E-state index in [0.717, 1.165) is 22.3 Å². The van der Waals surface area contributed by atoms with Crippen molar-refractivity contribution in [1.82, 2.24) is 5.32 Å². The molecule has 1 amide bonds. The summed E-state index contributed by atoms with van der Waals surface area (Å²) in [4.78, 5) is 24.7. The Labute approximate surface area is 145 Å². The summed E-state index contributed by atoms with van der Waals surface area (Å²) in [5.74, 6) is 0.285. The Bertz CT molecular complexity index is 973. The van der Waals surface area contributed by atoms with Crippen molar-refractivity contribution in [2.75, 3.05) is 7.11 Å². The zero-order valence-corrected chi connectivity index (χ0v) is 14.3. The van der Waals surface area contributed by atoms with Crippen LogP contribution in [0.5, 0.6) is 5.75 Å². The number of benzene rings is 2. The predicted molar refractivity (Wildman–Crippen MR) is 96.1 cm³/mol. The third kappa shape index (κ3) is 3.40.